The first-order chi connectivity index (χ1) is 5.13. The Hall–Kier alpha value is 0. The zero-order chi connectivity index (χ0) is 8.06. The second-order valence-electron chi connectivity index (χ2n) is 5.27. The van der Waals surface area contributed by atoms with Gasteiger partial charge in [-0.25, -0.2) is 0 Å². The summed E-state index contributed by atoms with van der Waals surface area (Å²) in [6.45, 7) is 7.23. The van der Waals surface area contributed by atoms with E-state index in [0.29, 0.717) is 5.41 Å². The normalized spacial score (nSPS) is 42.3. The van der Waals surface area contributed by atoms with Crippen LogP contribution in [0.1, 0.15) is 46.5 Å². The molecule has 2 atom stereocenters. The first kappa shape index (κ1) is 7.64. The lowest BCUT2D eigenvalue weighted by molar-refractivity contribution is 0.193. The van der Waals surface area contributed by atoms with Crippen molar-refractivity contribution in [3.63, 3.8) is 0 Å². The third-order valence-corrected chi connectivity index (χ3v) is 4.26. The van der Waals surface area contributed by atoms with Crippen molar-refractivity contribution in [1.29, 1.82) is 0 Å². The zero-order valence-electron chi connectivity index (χ0n) is 8.06. The fraction of sp³-hybridized carbons (Fsp3) is 1.00. The molecule has 0 spiro atoms. The van der Waals surface area contributed by atoms with Gasteiger partial charge in [0, 0.05) is 0 Å². The standard InChI is InChI=1S/C11H20/c1-4-11(2,3)10-6-8-5-9(8)7-10/h8-10H,4-7H2,1-3H3. The van der Waals surface area contributed by atoms with Gasteiger partial charge in [0.1, 0.15) is 0 Å². The Morgan fingerprint density at radius 3 is 2.09 bits per heavy atom. The molecule has 2 aliphatic carbocycles. The summed E-state index contributed by atoms with van der Waals surface area (Å²) in [5.74, 6) is 3.37. The molecule has 2 aliphatic rings. The van der Waals surface area contributed by atoms with E-state index in [1.165, 1.54) is 6.42 Å². The van der Waals surface area contributed by atoms with Crippen LogP contribution in [-0.2, 0) is 0 Å². The van der Waals surface area contributed by atoms with Crippen molar-refractivity contribution in [1.82, 2.24) is 0 Å². The fourth-order valence-electron chi connectivity index (χ4n) is 2.64. The Bertz CT molecular complexity index is 147. The van der Waals surface area contributed by atoms with Crippen LogP contribution in [0.5, 0.6) is 0 Å². The van der Waals surface area contributed by atoms with Crippen LogP contribution in [0.25, 0.3) is 0 Å². The van der Waals surface area contributed by atoms with Gasteiger partial charge < -0.3 is 0 Å². The summed E-state index contributed by atoms with van der Waals surface area (Å²) >= 11 is 0. The van der Waals surface area contributed by atoms with Gasteiger partial charge in [-0.05, 0) is 42.4 Å². The van der Waals surface area contributed by atoms with E-state index in [1.54, 1.807) is 19.3 Å². The predicted molar refractivity (Wildman–Crippen MR) is 48.4 cm³/mol. The average Bonchev–Trinajstić information content (AvgIpc) is 2.59. The van der Waals surface area contributed by atoms with E-state index in [9.17, 15) is 0 Å². The highest BCUT2D eigenvalue weighted by molar-refractivity contribution is 4.99. The molecule has 0 heteroatoms. The molecule has 0 amide bonds. The van der Waals surface area contributed by atoms with E-state index in [1.807, 2.05) is 0 Å². The summed E-state index contributed by atoms with van der Waals surface area (Å²) < 4.78 is 0. The Morgan fingerprint density at radius 1 is 1.09 bits per heavy atom. The second kappa shape index (κ2) is 2.24. The number of hydrogen-bond acceptors (Lipinski definition) is 0. The third kappa shape index (κ3) is 1.21. The maximum atomic E-state index is 2.45. The Balaban J connectivity index is 1.95. The lowest BCUT2D eigenvalue weighted by Gasteiger charge is -2.31. The molecule has 2 saturated carbocycles. The molecule has 2 fully saturated rings. The highest BCUT2D eigenvalue weighted by Crippen LogP contribution is 2.59. The minimum absolute atomic E-state index is 0.632. The van der Waals surface area contributed by atoms with Gasteiger partial charge in [0.15, 0.2) is 0 Å². The molecule has 2 rings (SSSR count). The van der Waals surface area contributed by atoms with Crippen LogP contribution in [0.3, 0.4) is 0 Å². The molecule has 0 saturated heterocycles. The summed E-state index contributed by atoms with van der Waals surface area (Å²) in [5, 5.41) is 0. The molecule has 0 nitrogen and oxygen atoms in total. The van der Waals surface area contributed by atoms with Crippen molar-refractivity contribution in [2.45, 2.75) is 46.5 Å². The molecule has 2 unspecified atom stereocenters. The van der Waals surface area contributed by atoms with Gasteiger partial charge in [0.05, 0.1) is 0 Å². The van der Waals surface area contributed by atoms with Crippen molar-refractivity contribution in [2.75, 3.05) is 0 Å². The number of rotatable bonds is 2. The van der Waals surface area contributed by atoms with Crippen molar-refractivity contribution < 1.29 is 0 Å². The summed E-state index contributed by atoms with van der Waals surface area (Å²) in [6, 6.07) is 0. The maximum Gasteiger partial charge on any atom is -0.0328 e. The van der Waals surface area contributed by atoms with Crippen molar-refractivity contribution in [2.24, 2.45) is 23.2 Å². The van der Waals surface area contributed by atoms with Crippen LogP contribution in [0.2, 0.25) is 0 Å². The average molecular weight is 152 g/mol. The highest BCUT2D eigenvalue weighted by atomic mass is 14.5. The number of fused-ring (bicyclic) bond motifs is 1. The van der Waals surface area contributed by atoms with Gasteiger partial charge in [-0.1, -0.05) is 27.2 Å². The van der Waals surface area contributed by atoms with Crippen LogP contribution in [0.15, 0.2) is 0 Å². The molecule has 0 N–H and O–H groups in total. The quantitative estimate of drug-likeness (QED) is 0.568. The molecule has 0 aliphatic heterocycles. The molecule has 64 valence electrons. The first-order valence-corrected chi connectivity index (χ1v) is 5.13. The molecule has 0 bridgehead atoms. The van der Waals surface area contributed by atoms with Gasteiger partial charge in [0.2, 0.25) is 0 Å². The van der Waals surface area contributed by atoms with Crippen molar-refractivity contribution in [3.05, 3.63) is 0 Å². The SMILES string of the molecule is CCC(C)(C)C1CC2CC2C1. The Morgan fingerprint density at radius 2 is 1.64 bits per heavy atom. The summed E-state index contributed by atoms with van der Waals surface area (Å²) in [4.78, 5) is 0. The highest BCUT2D eigenvalue weighted by Gasteiger charge is 2.49. The van der Waals surface area contributed by atoms with E-state index >= 15 is 0 Å². The van der Waals surface area contributed by atoms with Gasteiger partial charge in [-0.3, -0.25) is 0 Å². The minimum Gasteiger partial charge on any atom is -0.0649 e. The topological polar surface area (TPSA) is 0 Å². The zero-order valence-corrected chi connectivity index (χ0v) is 8.06. The molecular weight excluding hydrogens is 132 g/mol. The van der Waals surface area contributed by atoms with E-state index in [-0.39, 0.29) is 0 Å². The van der Waals surface area contributed by atoms with E-state index < -0.39 is 0 Å². The van der Waals surface area contributed by atoms with Crippen LogP contribution >= 0.6 is 0 Å². The molecule has 0 aromatic rings. The summed E-state index contributed by atoms with van der Waals surface area (Å²) in [5.41, 5.74) is 0.632. The fourth-order valence-corrected chi connectivity index (χ4v) is 2.64. The molecule has 0 aromatic carbocycles. The van der Waals surface area contributed by atoms with Gasteiger partial charge >= 0.3 is 0 Å². The molecule has 0 radical (unpaired) electrons. The largest absolute Gasteiger partial charge is 0.0649 e. The Labute approximate surface area is 70.4 Å². The van der Waals surface area contributed by atoms with Crippen LogP contribution in [0.4, 0.5) is 0 Å². The molecule has 0 aromatic heterocycles. The van der Waals surface area contributed by atoms with Crippen LogP contribution < -0.4 is 0 Å². The van der Waals surface area contributed by atoms with E-state index in [0.717, 1.165) is 17.8 Å². The lowest BCUT2D eigenvalue weighted by atomic mass is 9.74. The van der Waals surface area contributed by atoms with Gasteiger partial charge in [-0.15, -0.1) is 0 Å². The van der Waals surface area contributed by atoms with Gasteiger partial charge in [0.25, 0.3) is 0 Å². The predicted octanol–water partition coefficient (Wildman–Crippen LogP) is 3.47. The van der Waals surface area contributed by atoms with Crippen molar-refractivity contribution in [3.8, 4) is 0 Å². The third-order valence-electron chi connectivity index (χ3n) is 4.26. The van der Waals surface area contributed by atoms with Crippen LogP contribution in [-0.4, -0.2) is 0 Å². The second-order valence-corrected chi connectivity index (χ2v) is 5.27. The van der Waals surface area contributed by atoms with Crippen molar-refractivity contribution >= 4 is 0 Å². The van der Waals surface area contributed by atoms with Gasteiger partial charge in [-0.2, -0.15) is 0 Å². The lowest BCUT2D eigenvalue weighted by Crippen LogP contribution is -2.21. The Kier molecular flexibility index (Phi) is 1.56. The first-order valence-electron chi connectivity index (χ1n) is 5.13. The molecule has 0 heterocycles. The monoisotopic (exact) mass is 152 g/mol. The molecular formula is C11H20. The van der Waals surface area contributed by atoms with E-state index in [4.69, 9.17) is 0 Å². The maximum absolute atomic E-state index is 2.45. The molecule has 11 heavy (non-hydrogen) atoms. The summed E-state index contributed by atoms with van der Waals surface area (Å²) in [7, 11) is 0. The van der Waals surface area contributed by atoms with E-state index in [2.05, 4.69) is 20.8 Å². The van der Waals surface area contributed by atoms with Crippen LogP contribution in [0, 0.1) is 23.2 Å². The smallest absolute Gasteiger partial charge is 0.0328 e. The minimum atomic E-state index is 0.632. The summed E-state index contributed by atoms with van der Waals surface area (Å²) in [6.07, 6.45) is 6.02. The number of hydrogen-bond donors (Lipinski definition) is 0.